The molecule has 0 saturated carbocycles. The fourth-order valence-corrected chi connectivity index (χ4v) is 1.52. The molecule has 96 valence electrons. The Morgan fingerprint density at radius 3 is 2.84 bits per heavy atom. The normalized spacial score (nSPS) is 11.2. The lowest BCUT2D eigenvalue weighted by Gasteiger charge is -2.04. The number of rotatable bonds is 3. The summed E-state index contributed by atoms with van der Waals surface area (Å²) < 4.78 is 26.8. The predicted molar refractivity (Wildman–Crippen MR) is 65.4 cm³/mol. The summed E-state index contributed by atoms with van der Waals surface area (Å²) in [7, 11) is 0. The van der Waals surface area contributed by atoms with E-state index in [2.05, 4.69) is 41.9 Å². The second-order valence-electron chi connectivity index (χ2n) is 3.30. The summed E-state index contributed by atoms with van der Waals surface area (Å²) in [6.07, 6.45) is 1.16. The summed E-state index contributed by atoms with van der Waals surface area (Å²) >= 11 is 2.86. The maximum atomic E-state index is 13.5. The summed E-state index contributed by atoms with van der Waals surface area (Å²) in [5.41, 5.74) is -0.0894. The second kappa shape index (κ2) is 5.53. The van der Waals surface area contributed by atoms with Crippen LogP contribution in [0.4, 0.5) is 14.5 Å². The molecule has 0 aliphatic rings. The monoisotopic (exact) mass is 326 g/mol. The van der Waals surface area contributed by atoms with Crippen LogP contribution in [0.2, 0.25) is 0 Å². The highest BCUT2D eigenvalue weighted by atomic mass is 79.9. The second-order valence-corrected chi connectivity index (χ2v) is 4.15. The van der Waals surface area contributed by atoms with Gasteiger partial charge < -0.3 is 5.32 Å². The molecule has 9 heteroatoms. The Kier molecular flexibility index (Phi) is 3.82. The van der Waals surface area contributed by atoms with Crippen molar-refractivity contribution in [2.24, 2.45) is 0 Å². The largest absolute Gasteiger partial charge is 0.358 e. The van der Waals surface area contributed by atoms with Crippen LogP contribution >= 0.6 is 15.9 Å². The first-order valence-electron chi connectivity index (χ1n) is 4.87. The number of hydrogen-bond donors (Lipinski definition) is 2. The Balaban J connectivity index is 2.27. The van der Waals surface area contributed by atoms with Crippen LogP contribution in [0, 0.1) is 23.0 Å². The standard InChI is InChI=1S/C10H5BrF2N6/c11-6-1-8(13)9(2-7(6)12)15-4-5(3-14)10-16-18-19-17-10/h1-2,4,15H,(H,16,17,18,19). The summed E-state index contributed by atoms with van der Waals surface area (Å²) in [6.45, 7) is 0. The Bertz CT molecular complexity index is 661. The van der Waals surface area contributed by atoms with Crippen molar-refractivity contribution >= 4 is 27.2 Å². The number of allylic oxidation sites excluding steroid dienone is 1. The molecule has 1 heterocycles. The minimum Gasteiger partial charge on any atom is -0.358 e. The van der Waals surface area contributed by atoms with Gasteiger partial charge in [0.15, 0.2) is 0 Å². The molecule has 0 amide bonds. The summed E-state index contributed by atoms with van der Waals surface area (Å²) in [6, 6.07) is 3.75. The third-order valence-corrected chi connectivity index (χ3v) is 2.70. The van der Waals surface area contributed by atoms with E-state index in [1.807, 2.05) is 6.07 Å². The van der Waals surface area contributed by atoms with Gasteiger partial charge in [0.25, 0.3) is 0 Å². The van der Waals surface area contributed by atoms with E-state index in [4.69, 9.17) is 5.26 Å². The molecule has 0 spiro atoms. The maximum absolute atomic E-state index is 13.5. The fourth-order valence-electron chi connectivity index (χ4n) is 1.21. The molecule has 0 fully saturated rings. The Morgan fingerprint density at radius 2 is 2.21 bits per heavy atom. The maximum Gasteiger partial charge on any atom is 0.216 e. The average molecular weight is 327 g/mol. The van der Waals surface area contributed by atoms with E-state index in [-0.39, 0.29) is 21.6 Å². The number of halogens is 3. The molecular weight excluding hydrogens is 322 g/mol. The first-order chi connectivity index (χ1) is 9.11. The number of nitrogens with one attached hydrogen (secondary N) is 2. The SMILES string of the molecule is N#CC(=CNc1cc(F)c(Br)cc1F)c1nn[nH]n1. The van der Waals surface area contributed by atoms with Gasteiger partial charge in [-0.2, -0.15) is 10.5 Å². The van der Waals surface area contributed by atoms with Crippen LogP contribution < -0.4 is 5.32 Å². The summed E-state index contributed by atoms with van der Waals surface area (Å²) in [4.78, 5) is 0. The lowest BCUT2D eigenvalue weighted by atomic mass is 10.2. The Labute approximate surface area is 114 Å². The molecule has 2 N–H and O–H groups in total. The number of benzene rings is 1. The first kappa shape index (κ1) is 13.1. The zero-order chi connectivity index (χ0) is 13.8. The number of H-pyrrole nitrogens is 1. The molecule has 0 aliphatic heterocycles. The number of nitriles is 1. The molecule has 0 atom stereocenters. The summed E-state index contributed by atoms with van der Waals surface area (Å²) in [5.74, 6) is -1.25. The van der Waals surface area contributed by atoms with Crippen molar-refractivity contribution in [3.8, 4) is 6.07 Å². The smallest absolute Gasteiger partial charge is 0.216 e. The summed E-state index contributed by atoms with van der Waals surface area (Å²) in [5, 5.41) is 24.0. The predicted octanol–water partition coefficient (Wildman–Crippen LogP) is 2.22. The van der Waals surface area contributed by atoms with E-state index >= 15 is 0 Å². The molecule has 1 aromatic carbocycles. The van der Waals surface area contributed by atoms with Gasteiger partial charge in [-0.15, -0.1) is 10.2 Å². The number of hydrogen-bond acceptors (Lipinski definition) is 5. The van der Waals surface area contributed by atoms with E-state index in [0.717, 1.165) is 18.3 Å². The van der Waals surface area contributed by atoms with Gasteiger partial charge in [-0.05, 0) is 27.2 Å². The zero-order valence-electron chi connectivity index (χ0n) is 9.15. The lowest BCUT2D eigenvalue weighted by Crippen LogP contribution is -1.96. The van der Waals surface area contributed by atoms with Crippen molar-refractivity contribution in [2.75, 3.05) is 5.32 Å². The molecule has 0 aliphatic carbocycles. The van der Waals surface area contributed by atoms with Crippen molar-refractivity contribution in [2.45, 2.75) is 0 Å². The first-order valence-corrected chi connectivity index (χ1v) is 5.66. The van der Waals surface area contributed by atoms with E-state index in [0.29, 0.717) is 0 Å². The minimum absolute atomic E-state index is 0.0122. The van der Waals surface area contributed by atoms with Gasteiger partial charge in [-0.3, -0.25) is 0 Å². The molecule has 6 nitrogen and oxygen atoms in total. The zero-order valence-corrected chi connectivity index (χ0v) is 10.7. The number of aromatic nitrogens is 4. The fraction of sp³-hybridized carbons (Fsp3) is 0. The van der Waals surface area contributed by atoms with Crippen LogP contribution in [0.3, 0.4) is 0 Å². The van der Waals surface area contributed by atoms with E-state index in [1.54, 1.807) is 0 Å². The van der Waals surface area contributed by atoms with E-state index < -0.39 is 11.6 Å². The minimum atomic E-state index is -0.671. The van der Waals surface area contributed by atoms with Crippen LogP contribution in [-0.4, -0.2) is 20.6 Å². The quantitative estimate of drug-likeness (QED) is 0.666. The lowest BCUT2D eigenvalue weighted by molar-refractivity contribution is 0.598. The molecule has 0 bridgehead atoms. The van der Waals surface area contributed by atoms with Gasteiger partial charge in [-0.25, -0.2) is 8.78 Å². The van der Waals surface area contributed by atoms with E-state index in [1.165, 1.54) is 0 Å². The highest BCUT2D eigenvalue weighted by molar-refractivity contribution is 9.10. The molecule has 0 unspecified atom stereocenters. The van der Waals surface area contributed by atoms with Crippen LogP contribution in [0.25, 0.3) is 5.57 Å². The van der Waals surface area contributed by atoms with Crippen molar-refractivity contribution < 1.29 is 8.78 Å². The highest BCUT2D eigenvalue weighted by Gasteiger charge is 2.09. The molecule has 19 heavy (non-hydrogen) atoms. The van der Waals surface area contributed by atoms with Gasteiger partial charge >= 0.3 is 0 Å². The Hall–Kier alpha value is -2.34. The van der Waals surface area contributed by atoms with Crippen LogP contribution in [0.5, 0.6) is 0 Å². The number of anilines is 1. The van der Waals surface area contributed by atoms with Crippen molar-refractivity contribution in [3.05, 3.63) is 40.3 Å². The average Bonchev–Trinajstić information content (AvgIpc) is 2.90. The van der Waals surface area contributed by atoms with Crippen LogP contribution in [-0.2, 0) is 0 Å². The molecule has 2 rings (SSSR count). The molecule has 0 radical (unpaired) electrons. The third-order valence-electron chi connectivity index (χ3n) is 2.09. The van der Waals surface area contributed by atoms with Gasteiger partial charge in [0, 0.05) is 12.3 Å². The third kappa shape index (κ3) is 2.92. The van der Waals surface area contributed by atoms with E-state index in [9.17, 15) is 8.78 Å². The van der Waals surface area contributed by atoms with Crippen molar-refractivity contribution in [1.29, 1.82) is 5.26 Å². The molecule has 0 saturated heterocycles. The number of aromatic amines is 1. The Morgan fingerprint density at radius 1 is 1.42 bits per heavy atom. The van der Waals surface area contributed by atoms with Crippen LogP contribution in [0.1, 0.15) is 5.82 Å². The molecule has 1 aromatic heterocycles. The topological polar surface area (TPSA) is 90.3 Å². The van der Waals surface area contributed by atoms with Crippen molar-refractivity contribution in [1.82, 2.24) is 20.6 Å². The van der Waals surface area contributed by atoms with Gasteiger partial charge in [0.05, 0.1) is 10.2 Å². The van der Waals surface area contributed by atoms with Gasteiger partial charge in [0.1, 0.15) is 23.3 Å². The van der Waals surface area contributed by atoms with Crippen molar-refractivity contribution in [3.63, 3.8) is 0 Å². The van der Waals surface area contributed by atoms with Gasteiger partial charge in [-0.1, -0.05) is 0 Å². The van der Waals surface area contributed by atoms with Crippen LogP contribution in [0.15, 0.2) is 22.8 Å². The highest BCUT2D eigenvalue weighted by Crippen LogP contribution is 2.23. The molecular formula is C10H5BrF2N6. The number of nitrogens with zero attached hydrogens (tertiary/aromatic N) is 4. The number of tetrazole rings is 1. The molecule has 2 aromatic rings. The van der Waals surface area contributed by atoms with Gasteiger partial charge in [0.2, 0.25) is 5.82 Å².